The Morgan fingerprint density at radius 3 is 2.57 bits per heavy atom. The summed E-state index contributed by atoms with van der Waals surface area (Å²) in [6, 6.07) is 3.56. The first-order valence-electron chi connectivity index (χ1n) is 6.03. The van der Waals surface area contributed by atoms with Gasteiger partial charge in [0.05, 0.1) is 11.3 Å². The van der Waals surface area contributed by atoms with E-state index in [0.29, 0.717) is 0 Å². The number of hydrogen-bond acceptors (Lipinski definition) is 6. The molecule has 1 amide bonds. The molecule has 1 aromatic rings. The highest BCUT2D eigenvalue weighted by molar-refractivity contribution is 5.93. The molecule has 1 aliphatic rings. The maximum atomic E-state index is 11.1. The predicted molar refractivity (Wildman–Crippen MR) is 70.1 cm³/mol. The molecule has 0 atom stereocenters. The number of carboxylic acid groups (broad SMARTS) is 1. The third kappa shape index (κ3) is 3.08. The molecule has 9 heteroatoms. The van der Waals surface area contributed by atoms with E-state index in [1.54, 1.807) is 0 Å². The fraction of sp³-hybridized carbons (Fsp3) is 0.333. The number of ether oxygens (including phenoxy) is 1. The van der Waals surface area contributed by atoms with E-state index in [1.807, 2.05) is 0 Å². The molecule has 1 saturated heterocycles. The zero-order valence-corrected chi connectivity index (χ0v) is 10.9. The van der Waals surface area contributed by atoms with Gasteiger partial charge >= 0.3 is 11.7 Å². The van der Waals surface area contributed by atoms with E-state index >= 15 is 0 Å². The van der Waals surface area contributed by atoms with Crippen LogP contribution in [0, 0.1) is 10.1 Å². The molecule has 0 aromatic heterocycles. The highest BCUT2D eigenvalue weighted by atomic mass is 16.6. The van der Waals surface area contributed by atoms with Crippen molar-refractivity contribution in [2.45, 2.75) is 12.0 Å². The van der Waals surface area contributed by atoms with Gasteiger partial charge < -0.3 is 20.9 Å². The van der Waals surface area contributed by atoms with Crippen LogP contribution < -0.4 is 15.8 Å². The Bertz CT molecular complexity index is 611. The molecule has 2 rings (SSSR count). The Labute approximate surface area is 118 Å². The Morgan fingerprint density at radius 1 is 1.48 bits per heavy atom. The largest absolute Gasteiger partial charge is 0.481 e. The number of carbonyl (C=O) groups is 2. The highest BCUT2D eigenvalue weighted by Gasteiger charge is 2.43. The normalized spacial score (nSPS) is 15.8. The first-order chi connectivity index (χ1) is 9.83. The summed E-state index contributed by atoms with van der Waals surface area (Å²) < 4.78 is 5.54. The predicted octanol–water partition coefficient (Wildman–Crippen LogP) is -0.111. The van der Waals surface area contributed by atoms with E-state index in [1.165, 1.54) is 12.1 Å². The van der Waals surface area contributed by atoms with Gasteiger partial charge in [0.25, 0.3) is 0 Å². The number of amides is 1. The SMILES string of the molecule is NC(=O)c1ccc(OC2(CC(=O)O)CNC2)c([N+](=O)[O-])c1. The number of nitrogens with one attached hydrogen (secondary N) is 1. The van der Waals surface area contributed by atoms with E-state index in [0.717, 1.165) is 6.07 Å². The molecule has 0 spiro atoms. The third-order valence-electron chi connectivity index (χ3n) is 3.13. The smallest absolute Gasteiger partial charge is 0.311 e. The minimum Gasteiger partial charge on any atom is -0.481 e. The molecule has 112 valence electrons. The second kappa shape index (κ2) is 5.37. The van der Waals surface area contributed by atoms with Crippen molar-refractivity contribution in [2.24, 2.45) is 5.73 Å². The maximum Gasteiger partial charge on any atom is 0.311 e. The maximum absolute atomic E-state index is 11.1. The van der Waals surface area contributed by atoms with Crippen molar-refractivity contribution >= 4 is 17.6 Å². The van der Waals surface area contributed by atoms with Gasteiger partial charge in [0.1, 0.15) is 5.60 Å². The number of benzene rings is 1. The van der Waals surface area contributed by atoms with E-state index in [2.05, 4.69) is 5.32 Å². The number of nitro groups is 1. The average Bonchev–Trinajstić information content (AvgIpc) is 2.35. The standard InChI is InChI=1S/C12H13N3O6/c13-11(18)7-1-2-9(8(3-7)15(19)20)21-12(4-10(16)17)5-14-6-12/h1-3,14H,4-6H2,(H2,13,18)(H,16,17). The van der Waals surface area contributed by atoms with Crippen molar-refractivity contribution in [1.82, 2.24) is 5.32 Å². The van der Waals surface area contributed by atoms with Gasteiger partial charge in [-0.05, 0) is 12.1 Å². The second-order valence-electron chi connectivity index (χ2n) is 4.76. The van der Waals surface area contributed by atoms with Gasteiger partial charge in [-0.3, -0.25) is 19.7 Å². The van der Waals surface area contributed by atoms with E-state index in [4.69, 9.17) is 15.6 Å². The van der Waals surface area contributed by atoms with Gasteiger partial charge in [-0.2, -0.15) is 0 Å². The molecule has 0 radical (unpaired) electrons. The Morgan fingerprint density at radius 2 is 2.14 bits per heavy atom. The van der Waals surface area contributed by atoms with Crippen LogP contribution in [0.15, 0.2) is 18.2 Å². The van der Waals surface area contributed by atoms with Crippen molar-refractivity contribution in [3.63, 3.8) is 0 Å². The zero-order chi connectivity index (χ0) is 15.6. The lowest BCUT2D eigenvalue weighted by Crippen LogP contribution is -2.64. The Kier molecular flexibility index (Phi) is 3.76. The number of aliphatic carboxylic acids is 1. The van der Waals surface area contributed by atoms with Crippen LogP contribution in [-0.2, 0) is 4.79 Å². The number of carboxylic acids is 1. The minimum absolute atomic E-state index is 0.0203. The lowest BCUT2D eigenvalue weighted by Gasteiger charge is -2.41. The summed E-state index contributed by atoms with van der Waals surface area (Å²) in [6.07, 6.45) is -0.283. The average molecular weight is 295 g/mol. The molecule has 9 nitrogen and oxygen atoms in total. The van der Waals surface area contributed by atoms with Crippen molar-refractivity contribution in [3.05, 3.63) is 33.9 Å². The summed E-state index contributed by atoms with van der Waals surface area (Å²) in [5.41, 5.74) is 3.60. The molecule has 1 aromatic carbocycles. The summed E-state index contributed by atoms with van der Waals surface area (Å²) in [5, 5.41) is 22.8. The number of nitro benzene ring substituents is 1. The van der Waals surface area contributed by atoms with Gasteiger partial charge in [-0.1, -0.05) is 0 Å². The number of carbonyl (C=O) groups excluding carboxylic acids is 1. The quantitative estimate of drug-likeness (QED) is 0.490. The van der Waals surface area contributed by atoms with Crippen molar-refractivity contribution in [1.29, 1.82) is 0 Å². The minimum atomic E-state index is -1.06. The summed E-state index contributed by atoms with van der Waals surface area (Å²) in [7, 11) is 0. The number of nitrogens with zero attached hydrogens (tertiary/aromatic N) is 1. The lowest BCUT2D eigenvalue weighted by atomic mass is 9.92. The van der Waals surface area contributed by atoms with E-state index < -0.39 is 28.1 Å². The first kappa shape index (κ1) is 14.7. The summed E-state index contributed by atoms with van der Waals surface area (Å²) in [4.78, 5) is 32.3. The number of rotatable bonds is 6. The van der Waals surface area contributed by atoms with Crippen LogP contribution >= 0.6 is 0 Å². The van der Waals surface area contributed by atoms with Crippen LogP contribution in [0.25, 0.3) is 0 Å². The fourth-order valence-corrected chi connectivity index (χ4v) is 2.05. The highest BCUT2D eigenvalue weighted by Crippen LogP contribution is 2.33. The number of hydrogen-bond donors (Lipinski definition) is 3. The molecular formula is C12H13N3O6. The molecule has 0 aliphatic carbocycles. The Balaban J connectivity index is 2.32. The molecular weight excluding hydrogens is 282 g/mol. The van der Waals surface area contributed by atoms with Crippen LogP contribution in [0.2, 0.25) is 0 Å². The molecule has 1 heterocycles. The van der Waals surface area contributed by atoms with Gasteiger partial charge in [-0.15, -0.1) is 0 Å². The van der Waals surface area contributed by atoms with Gasteiger partial charge in [0.15, 0.2) is 5.75 Å². The lowest BCUT2D eigenvalue weighted by molar-refractivity contribution is -0.386. The van der Waals surface area contributed by atoms with Gasteiger partial charge in [-0.25, -0.2) is 0 Å². The topological polar surface area (TPSA) is 145 Å². The van der Waals surface area contributed by atoms with Gasteiger partial charge in [0, 0.05) is 24.7 Å². The fourth-order valence-electron chi connectivity index (χ4n) is 2.05. The molecule has 0 bridgehead atoms. The van der Waals surface area contributed by atoms with Crippen LogP contribution in [0.3, 0.4) is 0 Å². The van der Waals surface area contributed by atoms with Crippen LogP contribution in [0.1, 0.15) is 16.8 Å². The number of nitrogens with two attached hydrogens (primary N) is 1. The number of primary amides is 1. The monoisotopic (exact) mass is 295 g/mol. The van der Waals surface area contributed by atoms with Crippen molar-refractivity contribution in [3.8, 4) is 5.75 Å². The summed E-state index contributed by atoms with van der Waals surface area (Å²) in [6.45, 7) is 0.544. The third-order valence-corrected chi connectivity index (χ3v) is 3.13. The molecule has 1 aliphatic heterocycles. The summed E-state index contributed by atoms with van der Waals surface area (Å²) >= 11 is 0. The van der Waals surface area contributed by atoms with E-state index in [9.17, 15) is 19.7 Å². The zero-order valence-electron chi connectivity index (χ0n) is 10.9. The second-order valence-corrected chi connectivity index (χ2v) is 4.76. The van der Waals surface area contributed by atoms with Crippen LogP contribution in [0.4, 0.5) is 5.69 Å². The van der Waals surface area contributed by atoms with Crippen molar-refractivity contribution in [2.75, 3.05) is 13.1 Å². The summed E-state index contributed by atoms with van der Waals surface area (Å²) in [5.74, 6) is -1.95. The van der Waals surface area contributed by atoms with Crippen LogP contribution in [-0.4, -0.2) is 40.6 Å². The van der Waals surface area contributed by atoms with Gasteiger partial charge in [0.2, 0.25) is 5.91 Å². The van der Waals surface area contributed by atoms with Crippen LogP contribution in [0.5, 0.6) is 5.75 Å². The molecule has 0 saturated carbocycles. The molecule has 4 N–H and O–H groups in total. The molecule has 21 heavy (non-hydrogen) atoms. The first-order valence-corrected chi connectivity index (χ1v) is 6.03. The van der Waals surface area contributed by atoms with Crippen molar-refractivity contribution < 1.29 is 24.4 Å². The molecule has 1 fully saturated rings. The molecule has 0 unspecified atom stereocenters. The Hall–Kier alpha value is -2.68. The van der Waals surface area contributed by atoms with E-state index in [-0.39, 0.29) is 30.8 Å².